The quantitative estimate of drug-likeness (QED) is 0.692. The maximum atomic E-state index is 11.5. The van der Waals surface area contributed by atoms with Crippen molar-refractivity contribution in [1.82, 2.24) is 10.4 Å². The fraction of sp³-hybridized carbons (Fsp3) is 0.833. The number of Topliss-reactive ketones (excluding diaryl/α,β-unsaturated/α-hetero) is 1. The van der Waals surface area contributed by atoms with Crippen LogP contribution in [-0.2, 0) is 9.63 Å². The third kappa shape index (κ3) is 4.34. The molecule has 0 radical (unpaired) electrons. The van der Waals surface area contributed by atoms with E-state index in [0.717, 1.165) is 0 Å². The van der Waals surface area contributed by atoms with E-state index in [1.807, 2.05) is 6.92 Å². The van der Waals surface area contributed by atoms with E-state index in [1.54, 1.807) is 0 Å². The van der Waals surface area contributed by atoms with Gasteiger partial charge in [0.05, 0.1) is 19.2 Å². The molecule has 0 aliphatic carbocycles. The molecule has 0 unspecified atom stereocenters. The Morgan fingerprint density at radius 1 is 1.59 bits per heavy atom. The summed E-state index contributed by atoms with van der Waals surface area (Å²) in [6.45, 7) is 6.98. The molecule has 0 aromatic rings. The first-order valence-electron chi connectivity index (χ1n) is 6.27. The average molecular weight is 242 g/mol. The maximum Gasteiger partial charge on any atom is 0.341 e. The predicted octanol–water partition coefficient (Wildman–Crippen LogP) is 1.73. The number of ketones is 1. The van der Waals surface area contributed by atoms with Gasteiger partial charge in [0, 0.05) is 12.8 Å². The molecule has 0 spiro atoms. The second-order valence-electron chi connectivity index (χ2n) is 4.69. The van der Waals surface area contributed by atoms with Crippen LogP contribution in [0.5, 0.6) is 0 Å². The second kappa shape index (κ2) is 6.59. The van der Waals surface area contributed by atoms with Gasteiger partial charge in [-0.1, -0.05) is 20.8 Å². The van der Waals surface area contributed by atoms with E-state index < -0.39 is 0 Å². The first kappa shape index (κ1) is 14.0. The molecule has 0 aromatic heterocycles. The summed E-state index contributed by atoms with van der Waals surface area (Å²) in [7, 11) is 0. The molecule has 0 aromatic carbocycles. The van der Waals surface area contributed by atoms with E-state index in [-0.39, 0.29) is 17.9 Å². The molecule has 1 heterocycles. The van der Waals surface area contributed by atoms with Crippen LogP contribution < -0.4 is 5.32 Å². The lowest BCUT2D eigenvalue weighted by atomic mass is 10.1. The fourth-order valence-corrected chi connectivity index (χ4v) is 1.65. The van der Waals surface area contributed by atoms with Gasteiger partial charge in [-0.15, -0.1) is 0 Å². The van der Waals surface area contributed by atoms with E-state index >= 15 is 0 Å². The minimum atomic E-state index is -0.175. The summed E-state index contributed by atoms with van der Waals surface area (Å²) in [5, 5.41) is 4.22. The highest BCUT2D eigenvalue weighted by Crippen LogP contribution is 2.12. The molecule has 1 aliphatic rings. The standard InChI is InChI=1S/C12H22N2O3/c1-4-10(15)6-5-7-17-14-8-11(9(2)3)13-12(14)16/h9,11H,4-8H2,1-3H3,(H,13,16)/t11-/m1/s1. The lowest BCUT2D eigenvalue weighted by molar-refractivity contribution is -0.122. The molecule has 1 atom stereocenters. The SMILES string of the molecule is CCC(=O)CCCON1C[C@H](C(C)C)NC1=O. The summed E-state index contributed by atoms with van der Waals surface area (Å²) >= 11 is 0. The second-order valence-corrected chi connectivity index (χ2v) is 4.69. The smallest absolute Gasteiger partial charge is 0.331 e. The molecule has 1 aliphatic heterocycles. The van der Waals surface area contributed by atoms with Crippen LogP contribution in [0.4, 0.5) is 4.79 Å². The van der Waals surface area contributed by atoms with Crippen LogP contribution in [0.2, 0.25) is 0 Å². The number of hydrogen-bond acceptors (Lipinski definition) is 3. The van der Waals surface area contributed by atoms with Gasteiger partial charge in [0.15, 0.2) is 0 Å². The zero-order valence-corrected chi connectivity index (χ0v) is 10.9. The van der Waals surface area contributed by atoms with Gasteiger partial charge in [-0.3, -0.25) is 9.63 Å². The third-order valence-corrected chi connectivity index (χ3v) is 2.94. The molecule has 1 fully saturated rings. The van der Waals surface area contributed by atoms with Crippen molar-refractivity contribution < 1.29 is 14.4 Å². The Hall–Kier alpha value is -1.10. The number of nitrogens with one attached hydrogen (secondary N) is 1. The van der Waals surface area contributed by atoms with E-state index in [0.29, 0.717) is 38.3 Å². The Balaban J connectivity index is 2.20. The van der Waals surface area contributed by atoms with Crippen LogP contribution in [-0.4, -0.2) is 36.1 Å². The molecular formula is C12H22N2O3. The maximum absolute atomic E-state index is 11.5. The van der Waals surface area contributed by atoms with Gasteiger partial charge in [-0.2, -0.15) is 0 Å². The van der Waals surface area contributed by atoms with Gasteiger partial charge in [0.25, 0.3) is 0 Å². The third-order valence-electron chi connectivity index (χ3n) is 2.94. The lowest BCUT2D eigenvalue weighted by Gasteiger charge is -2.15. The molecule has 1 rings (SSSR count). The molecule has 1 saturated heterocycles. The van der Waals surface area contributed by atoms with Crippen LogP contribution in [0.3, 0.4) is 0 Å². The monoisotopic (exact) mass is 242 g/mol. The van der Waals surface area contributed by atoms with Crippen molar-refractivity contribution in [2.75, 3.05) is 13.2 Å². The van der Waals surface area contributed by atoms with Crippen LogP contribution in [0, 0.1) is 5.92 Å². The molecule has 5 nitrogen and oxygen atoms in total. The van der Waals surface area contributed by atoms with E-state index in [4.69, 9.17) is 4.84 Å². The first-order chi connectivity index (χ1) is 8.04. The summed E-state index contributed by atoms with van der Waals surface area (Å²) in [5.74, 6) is 0.633. The van der Waals surface area contributed by atoms with Gasteiger partial charge >= 0.3 is 6.03 Å². The fourth-order valence-electron chi connectivity index (χ4n) is 1.65. The predicted molar refractivity (Wildman–Crippen MR) is 64.3 cm³/mol. The Labute approximate surface area is 102 Å². The number of hydrogen-bond donors (Lipinski definition) is 1. The van der Waals surface area contributed by atoms with Crippen molar-refractivity contribution in [3.05, 3.63) is 0 Å². The van der Waals surface area contributed by atoms with Gasteiger partial charge in [0.1, 0.15) is 5.78 Å². The highest BCUT2D eigenvalue weighted by atomic mass is 16.7. The minimum absolute atomic E-state index is 0.153. The highest BCUT2D eigenvalue weighted by molar-refractivity contribution is 5.78. The average Bonchev–Trinajstić information content (AvgIpc) is 2.66. The molecule has 2 amide bonds. The number of carbonyl (C=O) groups excluding carboxylic acids is 2. The van der Waals surface area contributed by atoms with E-state index in [9.17, 15) is 9.59 Å². The van der Waals surface area contributed by atoms with E-state index in [2.05, 4.69) is 19.2 Å². The summed E-state index contributed by atoms with van der Waals surface area (Å²) < 4.78 is 0. The molecular weight excluding hydrogens is 220 g/mol. The Bertz CT molecular complexity index is 279. The van der Waals surface area contributed by atoms with Crippen molar-refractivity contribution in [1.29, 1.82) is 0 Å². The number of urea groups is 1. The van der Waals surface area contributed by atoms with Gasteiger partial charge in [-0.05, 0) is 12.3 Å². The van der Waals surface area contributed by atoms with Crippen LogP contribution in [0.25, 0.3) is 0 Å². The summed E-state index contributed by atoms with van der Waals surface area (Å²) in [4.78, 5) is 27.9. The Kier molecular flexibility index (Phi) is 5.41. The Morgan fingerprint density at radius 2 is 2.29 bits per heavy atom. The zero-order chi connectivity index (χ0) is 12.8. The minimum Gasteiger partial charge on any atom is -0.331 e. The number of hydroxylamine groups is 2. The van der Waals surface area contributed by atoms with Crippen molar-refractivity contribution in [2.45, 2.75) is 46.1 Å². The summed E-state index contributed by atoms with van der Waals surface area (Å²) in [6.07, 6.45) is 1.77. The van der Waals surface area contributed by atoms with Crippen molar-refractivity contribution in [2.24, 2.45) is 5.92 Å². The number of carbonyl (C=O) groups is 2. The molecule has 1 N–H and O–H groups in total. The van der Waals surface area contributed by atoms with Gasteiger partial charge < -0.3 is 5.32 Å². The number of rotatable bonds is 7. The normalized spacial score (nSPS) is 19.9. The van der Waals surface area contributed by atoms with Crippen molar-refractivity contribution >= 4 is 11.8 Å². The molecule has 5 heteroatoms. The van der Waals surface area contributed by atoms with Crippen molar-refractivity contribution in [3.63, 3.8) is 0 Å². The zero-order valence-electron chi connectivity index (χ0n) is 10.9. The Morgan fingerprint density at radius 3 is 2.82 bits per heavy atom. The highest BCUT2D eigenvalue weighted by Gasteiger charge is 2.31. The van der Waals surface area contributed by atoms with Gasteiger partial charge in [-0.25, -0.2) is 9.86 Å². The topological polar surface area (TPSA) is 58.6 Å². The first-order valence-corrected chi connectivity index (χ1v) is 6.27. The van der Waals surface area contributed by atoms with Crippen molar-refractivity contribution in [3.8, 4) is 0 Å². The molecule has 98 valence electrons. The van der Waals surface area contributed by atoms with Gasteiger partial charge in [0.2, 0.25) is 0 Å². The van der Waals surface area contributed by atoms with Crippen LogP contribution >= 0.6 is 0 Å². The molecule has 0 bridgehead atoms. The summed E-state index contributed by atoms with van der Waals surface area (Å²) in [5.41, 5.74) is 0. The lowest BCUT2D eigenvalue weighted by Crippen LogP contribution is -2.31. The summed E-state index contributed by atoms with van der Waals surface area (Å²) in [6, 6.07) is -0.0229. The number of nitrogens with zero attached hydrogens (tertiary/aromatic N) is 1. The molecule has 17 heavy (non-hydrogen) atoms. The largest absolute Gasteiger partial charge is 0.341 e. The molecule has 0 saturated carbocycles. The number of amides is 2. The van der Waals surface area contributed by atoms with Crippen LogP contribution in [0.1, 0.15) is 40.0 Å². The van der Waals surface area contributed by atoms with Crippen LogP contribution in [0.15, 0.2) is 0 Å². The van der Waals surface area contributed by atoms with E-state index in [1.165, 1.54) is 5.06 Å².